The van der Waals surface area contributed by atoms with E-state index in [0.717, 1.165) is 28.0 Å². The zero-order valence-corrected chi connectivity index (χ0v) is 16.3. The van der Waals surface area contributed by atoms with E-state index in [1.807, 2.05) is 78.5 Å². The highest BCUT2D eigenvalue weighted by Crippen LogP contribution is 2.21. The number of nitrogens with one attached hydrogen (secondary N) is 1. The molecule has 0 aromatic heterocycles. The SMILES string of the molecule is O=C(Nc1ccc2ccccc2c1)c1ccc(CSCc2ccccc2)cc1. The lowest BCUT2D eigenvalue weighted by Gasteiger charge is -2.08. The van der Waals surface area contributed by atoms with Crippen molar-refractivity contribution >= 4 is 34.1 Å². The zero-order valence-electron chi connectivity index (χ0n) is 15.5. The fourth-order valence-electron chi connectivity index (χ4n) is 3.08. The maximum Gasteiger partial charge on any atom is 0.255 e. The van der Waals surface area contributed by atoms with Crippen molar-refractivity contribution in [3.05, 3.63) is 114 Å². The van der Waals surface area contributed by atoms with E-state index in [1.54, 1.807) is 0 Å². The summed E-state index contributed by atoms with van der Waals surface area (Å²) >= 11 is 1.88. The zero-order chi connectivity index (χ0) is 19.2. The normalized spacial score (nSPS) is 10.7. The molecule has 138 valence electrons. The molecule has 0 saturated heterocycles. The molecule has 0 radical (unpaired) electrons. The molecule has 2 nitrogen and oxygen atoms in total. The molecule has 0 saturated carbocycles. The summed E-state index contributed by atoms with van der Waals surface area (Å²) in [4.78, 5) is 12.5. The molecule has 0 aliphatic rings. The first kappa shape index (κ1) is 18.3. The van der Waals surface area contributed by atoms with Crippen LogP contribution in [0.3, 0.4) is 0 Å². The Hall–Kier alpha value is -3.04. The molecule has 4 aromatic rings. The summed E-state index contributed by atoms with van der Waals surface area (Å²) in [7, 11) is 0. The maximum atomic E-state index is 12.5. The van der Waals surface area contributed by atoms with Crippen molar-refractivity contribution in [1.29, 1.82) is 0 Å². The van der Waals surface area contributed by atoms with Gasteiger partial charge < -0.3 is 5.32 Å². The van der Waals surface area contributed by atoms with Crippen LogP contribution in [0.25, 0.3) is 10.8 Å². The van der Waals surface area contributed by atoms with Gasteiger partial charge in [-0.2, -0.15) is 11.8 Å². The first-order valence-electron chi connectivity index (χ1n) is 9.29. The highest BCUT2D eigenvalue weighted by atomic mass is 32.2. The number of hydrogen-bond acceptors (Lipinski definition) is 2. The average Bonchev–Trinajstić information content (AvgIpc) is 2.75. The minimum atomic E-state index is -0.0845. The monoisotopic (exact) mass is 383 g/mol. The number of carbonyl (C=O) groups is 1. The van der Waals surface area contributed by atoms with Crippen molar-refractivity contribution in [2.75, 3.05) is 5.32 Å². The van der Waals surface area contributed by atoms with E-state index in [2.05, 4.69) is 35.6 Å². The van der Waals surface area contributed by atoms with E-state index in [1.165, 1.54) is 11.1 Å². The number of thioether (sulfide) groups is 1. The number of amides is 1. The molecular formula is C25H21NOS. The van der Waals surface area contributed by atoms with Crippen LogP contribution in [-0.4, -0.2) is 5.91 Å². The van der Waals surface area contributed by atoms with Gasteiger partial charge in [0.2, 0.25) is 0 Å². The van der Waals surface area contributed by atoms with Crippen LogP contribution in [0, 0.1) is 0 Å². The summed E-state index contributed by atoms with van der Waals surface area (Å²) in [5.74, 6) is 1.84. The predicted molar refractivity (Wildman–Crippen MR) is 120 cm³/mol. The van der Waals surface area contributed by atoms with Crippen LogP contribution in [0.15, 0.2) is 97.1 Å². The molecule has 0 aliphatic heterocycles. The third kappa shape index (κ3) is 4.62. The number of carbonyl (C=O) groups excluding carboxylic acids is 1. The minimum Gasteiger partial charge on any atom is -0.322 e. The Morgan fingerprint density at radius 2 is 1.32 bits per heavy atom. The second kappa shape index (κ2) is 8.77. The van der Waals surface area contributed by atoms with Crippen molar-refractivity contribution in [2.24, 2.45) is 0 Å². The molecule has 1 amide bonds. The van der Waals surface area contributed by atoms with Gasteiger partial charge >= 0.3 is 0 Å². The number of fused-ring (bicyclic) bond motifs is 1. The number of benzene rings is 4. The molecule has 0 unspecified atom stereocenters. The van der Waals surface area contributed by atoms with Crippen molar-refractivity contribution in [1.82, 2.24) is 0 Å². The maximum absolute atomic E-state index is 12.5. The summed E-state index contributed by atoms with van der Waals surface area (Å²) in [6, 6.07) is 32.4. The molecule has 3 heteroatoms. The Labute approximate surface area is 169 Å². The number of rotatable bonds is 6. The second-order valence-corrected chi connectivity index (χ2v) is 7.68. The largest absolute Gasteiger partial charge is 0.322 e. The Bertz CT molecular complexity index is 1070. The summed E-state index contributed by atoms with van der Waals surface area (Å²) in [6.07, 6.45) is 0. The molecule has 4 rings (SSSR count). The molecule has 0 spiro atoms. The predicted octanol–water partition coefficient (Wildman–Crippen LogP) is 6.53. The van der Waals surface area contributed by atoms with Gasteiger partial charge in [0.05, 0.1) is 0 Å². The van der Waals surface area contributed by atoms with Gasteiger partial charge in [-0.15, -0.1) is 0 Å². The van der Waals surface area contributed by atoms with Crippen LogP contribution in [0.5, 0.6) is 0 Å². The Morgan fingerprint density at radius 3 is 2.07 bits per heavy atom. The average molecular weight is 384 g/mol. The van der Waals surface area contributed by atoms with E-state index in [-0.39, 0.29) is 5.91 Å². The molecule has 0 atom stereocenters. The standard InChI is InChI=1S/C25H21NOS/c27-25(26-24-15-14-21-8-4-5-9-23(21)16-24)22-12-10-20(11-13-22)18-28-17-19-6-2-1-3-7-19/h1-16H,17-18H2,(H,26,27). The highest BCUT2D eigenvalue weighted by molar-refractivity contribution is 7.97. The molecule has 0 bridgehead atoms. The number of anilines is 1. The molecule has 4 aromatic carbocycles. The fraction of sp³-hybridized carbons (Fsp3) is 0.0800. The Balaban J connectivity index is 1.35. The van der Waals surface area contributed by atoms with Crippen LogP contribution in [0.1, 0.15) is 21.5 Å². The highest BCUT2D eigenvalue weighted by Gasteiger charge is 2.07. The number of hydrogen-bond donors (Lipinski definition) is 1. The van der Waals surface area contributed by atoms with Gasteiger partial charge in [-0.3, -0.25) is 4.79 Å². The van der Waals surface area contributed by atoms with E-state index in [0.29, 0.717) is 5.56 Å². The third-order valence-electron chi connectivity index (χ3n) is 4.60. The fourth-order valence-corrected chi connectivity index (χ4v) is 4.04. The van der Waals surface area contributed by atoms with E-state index in [9.17, 15) is 4.79 Å². The lowest BCUT2D eigenvalue weighted by Crippen LogP contribution is -2.11. The summed E-state index contributed by atoms with van der Waals surface area (Å²) in [6.45, 7) is 0. The molecule has 0 heterocycles. The third-order valence-corrected chi connectivity index (χ3v) is 5.68. The second-order valence-electron chi connectivity index (χ2n) is 6.69. The van der Waals surface area contributed by atoms with Crippen LogP contribution < -0.4 is 5.32 Å². The molecular weight excluding hydrogens is 362 g/mol. The lowest BCUT2D eigenvalue weighted by atomic mass is 10.1. The quantitative estimate of drug-likeness (QED) is 0.410. The first-order valence-corrected chi connectivity index (χ1v) is 10.4. The lowest BCUT2D eigenvalue weighted by molar-refractivity contribution is 0.102. The van der Waals surface area contributed by atoms with Crippen LogP contribution in [-0.2, 0) is 11.5 Å². The van der Waals surface area contributed by atoms with Crippen molar-refractivity contribution in [3.63, 3.8) is 0 Å². The minimum absolute atomic E-state index is 0.0845. The summed E-state index contributed by atoms with van der Waals surface area (Å²) in [5.41, 5.74) is 4.04. The van der Waals surface area contributed by atoms with E-state index in [4.69, 9.17) is 0 Å². The van der Waals surface area contributed by atoms with Crippen LogP contribution in [0.4, 0.5) is 5.69 Å². The van der Waals surface area contributed by atoms with E-state index < -0.39 is 0 Å². The van der Waals surface area contributed by atoms with Gasteiger partial charge in [0, 0.05) is 22.8 Å². The smallest absolute Gasteiger partial charge is 0.255 e. The molecule has 0 aliphatic carbocycles. The molecule has 1 N–H and O–H groups in total. The Morgan fingerprint density at radius 1 is 0.679 bits per heavy atom. The van der Waals surface area contributed by atoms with Crippen LogP contribution in [0.2, 0.25) is 0 Å². The van der Waals surface area contributed by atoms with Gasteiger partial charge in [0.15, 0.2) is 0 Å². The van der Waals surface area contributed by atoms with Gasteiger partial charge in [0.1, 0.15) is 0 Å². The molecule has 0 fully saturated rings. The van der Waals surface area contributed by atoms with Crippen LogP contribution >= 0.6 is 11.8 Å². The topological polar surface area (TPSA) is 29.1 Å². The van der Waals surface area contributed by atoms with Gasteiger partial charge in [-0.05, 0) is 46.2 Å². The molecule has 28 heavy (non-hydrogen) atoms. The van der Waals surface area contributed by atoms with Crippen molar-refractivity contribution in [2.45, 2.75) is 11.5 Å². The van der Waals surface area contributed by atoms with Gasteiger partial charge in [0.25, 0.3) is 5.91 Å². The van der Waals surface area contributed by atoms with E-state index >= 15 is 0 Å². The summed E-state index contributed by atoms with van der Waals surface area (Å²) in [5, 5.41) is 5.27. The Kier molecular flexibility index (Phi) is 5.74. The van der Waals surface area contributed by atoms with Gasteiger partial charge in [-0.25, -0.2) is 0 Å². The first-order chi connectivity index (χ1) is 13.8. The van der Waals surface area contributed by atoms with Crippen molar-refractivity contribution < 1.29 is 4.79 Å². The van der Waals surface area contributed by atoms with Crippen molar-refractivity contribution in [3.8, 4) is 0 Å². The summed E-state index contributed by atoms with van der Waals surface area (Å²) < 4.78 is 0. The van der Waals surface area contributed by atoms with Gasteiger partial charge in [-0.1, -0.05) is 72.8 Å².